The topological polar surface area (TPSA) is 48.0 Å². The molecule has 25 heavy (non-hydrogen) atoms. The molecule has 2 aliphatic rings. The van der Waals surface area contributed by atoms with E-state index in [9.17, 15) is 4.79 Å². The summed E-state index contributed by atoms with van der Waals surface area (Å²) in [6, 6.07) is 0. The Labute approximate surface area is 153 Å². The first-order valence-electron chi connectivity index (χ1n) is 9.73. The zero-order valence-electron chi connectivity index (χ0n) is 17.2. The highest BCUT2D eigenvalue weighted by Gasteiger charge is 2.50. The van der Waals surface area contributed by atoms with Gasteiger partial charge in [-0.2, -0.15) is 0 Å². The highest BCUT2D eigenvalue weighted by molar-refractivity contribution is 6.45. The summed E-state index contributed by atoms with van der Waals surface area (Å²) in [6.07, 6.45) is 5.06. The van der Waals surface area contributed by atoms with E-state index in [1.54, 1.807) is 0 Å². The second-order valence-corrected chi connectivity index (χ2v) is 9.55. The number of hydrogen-bond acceptors (Lipinski definition) is 4. The number of amides is 1. The van der Waals surface area contributed by atoms with Gasteiger partial charge in [-0.25, -0.2) is 4.79 Å². The number of likely N-dealkylation sites (tertiary alicyclic amines) is 1. The van der Waals surface area contributed by atoms with E-state index in [2.05, 4.69) is 27.7 Å². The number of carbonyl (C=O) groups is 1. The van der Waals surface area contributed by atoms with E-state index in [-0.39, 0.29) is 24.4 Å². The van der Waals surface area contributed by atoms with E-state index >= 15 is 0 Å². The van der Waals surface area contributed by atoms with Gasteiger partial charge in [0.25, 0.3) is 0 Å². The third-order valence-corrected chi connectivity index (χ3v) is 5.53. The Morgan fingerprint density at radius 2 is 1.76 bits per heavy atom. The summed E-state index contributed by atoms with van der Waals surface area (Å²) in [5.74, 6) is 0.481. The fourth-order valence-electron chi connectivity index (χ4n) is 3.41. The third kappa shape index (κ3) is 5.62. The van der Waals surface area contributed by atoms with Gasteiger partial charge >= 0.3 is 13.2 Å². The van der Waals surface area contributed by atoms with Crippen LogP contribution in [0.15, 0.2) is 0 Å². The van der Waals surface area contributed by atoms with Crippen molar-refractivity contribution >= 4 is 13.2 Å². The number of rotatable bonds is 3. The molecule has 0 N–H and O–H groups in total. The van der Waals surface area contributed by atoms with Crippen molar-refractivity contribution in [3.8, 4) is 0 Å². The molecule has 2 heterocycles. The minimum Gasteiger partial charge on any atom is -0.444 e. The second-order valence-electron chi connectivity index (χ2n) is 9.55. The molecule has 1 amide bonds. The zero-order valence-corrected chi connectivity index (χ0v) is 17.2. The summed E-state index contributed by atoms with van der Waals surface area (Å²) in [4.78, 5) is 14.3. The predicted octanol–water partition coefficient (Wildman–Crippen LogP) is 4.51. The summed E-state index contributed by atoms with van der Waals surface area (Å²) in [6.45, 7) is 15.7. The Bertz CT molecular complexity index is 457. The molecular formula is C19H36BNO4. The van der Waals surface area contributed by atoms with Crippen LogP contribution >= 0.6 is 0 Å². The molecule has 0 aromatic carbocycles. The Kier molecular flexibility index (Phi) is 6.15. The predicted molar refractivity (Wildman–Crippen MR) is 101 cm³/mol. The van der Waals surface area contributed by atoms with Crippen molar-refractivity contribution in [2.24, 2.45) is 5.92 Å². The maximum Gasteiger partial charge on any atom is 0.457 e. The fourth-order valence-corrected chi connectivity index (χ4v) is 3.41. The van der Waals surface area contributed by atoms with Gasteiger partial charge in [-0.05, 0) is 73.5 Å². The lowest BCUT2D eigenvalue weighted by molar-refractivity contribution is 0.00578. The summed E-state index contributed by atoms with van der Waals surface area (Å²) in [5.41, 5.74) is -0.991. The van der Waals surface area contributed by atoms with Gasteiger partial charge in [-0.15, -0.1) is 0 Å². The zero-order chi connectivity index (χ0) is 18.9. The van der Waals surface area contributed by atoms with Crippen molar-refractivity contribution in [2.75, 3.05) is 13.1 Å². The lowest BCUT2D eigenvalue weighted by atomic mass is 9.79. The average molecular weight is 353 g/mol. The third-order valence-electron chi connectivity index (χ3n) is 5.53. The quantitative estimate of drug-likeness (QED) is 0.701. The van der Waals surface area contributed by atoms with Crippen LogP contribution in [0.3, 0.4) is 0 Å². The minimum absolute atomic E-state index is 0.150. The maximum absolute atomic E-state index is 12.4. The van der Waals surface area contributed by atoms with Crippen molar-refractivity contribution in [2.45, 2.75) is 97.3 Å². The van der Waals surface area contributed by atoms with Crippen LogP contribution in [0.25, 0.3) is 0 Å². The molecule has 2 rings (SSSR count). The van der Waals surface area contributed by atoms with E-state index < -0.39 is 5.60 Å². The smallest absolute Gasteiger partial charge is 0.444 e. The van der Waals surface area contributed by atoms with Gasteiger partial charge < -0.3 is 18.9 Å². The van der Waals surface area contributed by atoms with Gasteiger partial charge in [0.05, 0.1) is 11.2 Å². The number of carbonyl (C=O) groups excluding carboxylic acids is 1. The second kappa shape index (κ2) is 7.47. The van der Waals surface area contributed by atoms with Crippen molar-refractivity contribution in [1.82, 2.24) is 4.90 Å². The van der Waals surface area contributed by atoms with Crippen LogP contribution in [0.1, 0.15) is 74.1 Å². The highest BCUT2D eigenvalue weighted by Crippen LogP contribution is 2.38. The molecule has 0 radical (unpaired) electrons. The molecule has 2 fully saturated rings. The molecule has 0 aromatic heterocycles. The Balaban J connectivity index is 1.86. The average Bonchev–Trinajstić information content (AvgIpc) is 2.62. The van der Waals surface area contributed by atoms with Gasteiger partial charge in [0.15, 0.2) is 0 Å². The molecule has 0 bridgehead atoms. The highest BCUT2D eigenvalue weighted by atomic mass is 16.7. The van der Waals surface area contributed by atoms with E-state index in [4.69, 9.17) is 14.0 Å². The van der Waals surface area contributed by atoms with Crippen LogP contribution in [0.4, 0.5) is 4.79 Å². The van der Waals surface area contributed by atoms with E-state index in [0.29, 0.717) is 5.92 Å². The number of nitrogens with zero attached hydrogens (tertiary/aromatic N) is 1. The van der Waals surface area contributed by atoms with E-state index in [1.807, 2.05) is 25.7 Å². The molecule has 0 aromatic rings. The SMILES string of the molecule is CC(C)(C)OC(=O)N1CCCCC(CCB2OC(C)(C)C(C)(C)O2)C1. The van der Waals surface area contributed by atoms with Crippen LogP contribution in [0, 0.1) is 5.92 Å². The van der Waals surface area contributed by atoms with Gasteiger partial charge in [-0.3, -0.25) is 0 Å². The molecule has 1 atom stereocenters. The van der Waals surface area contributed by atoms with Crippen molar-refractivity contribution in [3.05, 3.63) is 0 Å². The summed E-state index contributed by atoms with van der Waals surface area (Å²) >= 11 is 0. The first-order chi connectivity index (χ1) is 11.4. The molecule has 0 saturated carbocycles. The van der Waals surface area contributed by atoms with E-state index in [1.165, 1.54) is 0 Å². The maximum atomic E-state index is 12.4. The first kappa shape index (κ1) is 20.6. The van der Waals surface area contributed by atoms with E-state index in [0.717, 1.165) is 45.1 Å². The molecule has 144 valence electrons. The van der Waals surface area contributed by atoms with Crippen LogP contribution in [-0.4, -0.2) is 48.0 Å². The van der Waals surface area contributed by atoms with Crippen molar-refractivity contribution in [1.29, 1.82) is 0 Å². The van der Waals surface area contributed by atoms with Crippen molar-refractivity contribution in [3.63, 3.8) is 0 Å². The molecule has 0 spiro atoms. The van der Waals surface area contributed by atoms with Crippen LogP contribution < -0.4 is 0 Å². The summed E-state index contributed by atoms with van der Waals surface area (Å²) in [5, 5.41) is 0. The summed E-state index contributed by atoms with van der Waals surface area (Å²) < 4.78 is 17.7. The van der Waals surface area contributed by atoms with Crippen LogP contribution in [-0.2, 0) is 14.0 Å². The minimum atomic E-state index is -0.443. The normalized spacial score (nSPS) is 26.4. The standard InChI is InChI=1S/C19H36BNO4/c1-17(2,3)23-16(22)21-13-9-8-10-15(14-21)11-12-20-24-18(4,5)19(6,7)25-20/h15H,8-14H2,1-7H3. The van der Waals surface area contributed by atoms with Gasteiger partial charge in [-0.1, -0.05) is 12.8 Å². The lowest BCUT2D eigenvalue weighted by Crippen LogP contribution is -2.41. The number of ether oxygens (including phenoxy) is 1. The lowest BCUT2D eigenvalue weighted by Gasteiger charge is -2.32. The molecular weight excluding hydrogens is 317 g/mol. The summed E-state index contributed by atoms with van der Waals surface area (Å²) in [7, 11) is -0.150. The molecule has 2 saturated heterocycles. The van der Waals surface area contributed by atoms with Gasteiger partial charge in [0.1, 0.15) is 5.60 Å². The van der Waals surface area contributed by atoms with Crippen LogP contribution in [0.5, 0.6) is 0 Å². The first-order valence-corrected chi connectivity index (χ1v) is 9.73. The van der Waals surface area contributed by atoms with Gasteiger partial charge in [0, 0.05) is 13.1 Å². The molecule has 0 aliphatic carbocycles. The number of hydrogen-bond donors (Lipinski definition) is 0. The Hall–Kier alpha value is -0.745. The van der Waals surface area contributed by atoms with Crippen LogP contribution in [0.2, 0.25) is 6.32 Å². The monoisotopic (exact) mass is 353 g/mol. The Morgan fingerprint density at radius 1 is 1.16 bits per heavy atom. The largest absolute Gasteiger partial charge is 0.457 e. The van der Waals surface area contributed by atoms with Crippen molar-refractivity contribution < 1.29 is 18.8 Å². The van der Waals surface area contributed by atoms with Gasteiger partial charge in [0.2, 0.25) is 0 Å². The molecule has 1 unspecified atom stereocenters. The molecule has 2 aliphatic heterocycles. The fraction of sp³-hybridized carbons (Fsp3) is 0.947. The molecule has 6 heteroatoms. The Morgan fingerprint density at radius 3 is 2.32 bits per heavy atom. The molecule has 5 nitrogen and oxygen atoms in total.